The van der Waals surface area contributed by atoms with Gasteiger partial charge in [-0.05, 0) is 6.92 Å². The first-order valence-electron chi connectivity index (χ1n) is 3.16. The topological polar surface area (TPSA) is 20.3 Å². The number of Topliss-reactive ketones (excluding diaryl/α,β-unsaturated/α-hetero) is 1. The molecule has 0 N–H and O–H groups in total. The van der Waals surface area contributed by atoms with Crippen LogP contribution in [0.1, 0.15) is 6.92 Å². The van der Waals surface area contributed by atoms with Crippen LogP contribution in [0, 0.1) is 0 Å². The highest BCUT2D eigenvalue weighted by molar-refractivity contribution is 5.77. The van der Waals surface area contributed by atoms with E-state index < -0.39 is 0 Å². The van der Waals surface area contributed by atoms with Gasteiger partial charge < -0.3 is 0 Å². The molecule has 0 unspecified atom stereocenters. The zero-order valence-corrected chi connectivity index (χ0v) is 5.63. The van der Waals surface area contributed by atoms with Crippen LogP contribution in [0.4, 0.5) is 0 Å². The first-order valence-corrected chi connectivity index (χ1v) is 3.16. The minimum atomic E-state index is 0.249. The average Bonchev–Trinajstić information content (AvgIpc) is 2.15. The Kier molecular flexibility index (Phi) is 2.01. The minimum absolute atomic E-state index is 0.249. The predicted molar refractivity (Wildman–Crippen MR) is 36.3 cm³/mol. The molecule has 0 atom stereocenters. The number of rotatable bonds is 2. The summed E-state index contributed by atoms with van der Waals surface area (Å²) in [5.41, 5.74) is 0. The third-order valence-electron chi connectivity index (χ3n) is 1.34. The highest BCUT2D eigenvalue weighted by Gasteiger charge is 2.06. The maximum Gasteiger partial charge on any atom is 0.143 e. The molecule has 0 amide bonds. The molecule has 0 aromatic carbocycles. The Labute approximate surface area is 55.2 Å². The van der Waals surface area contributed by atoms with Crippen molar-refractivity contribution in [2.24, 2.45) is 0 Å². The number of carbonyl (C=O) groups is 1. The van der Waals surface area contributed by atoms with Gasteiger partial charge in [0, 0.05) is 13.1 Å². The summed E-state index contributed by atoms with van der Waals surface area (Å²) in [5.74, 6) is 0.249. The summed E-state index contributed by atoms with van der Waals surface area (Å²) in [6, 6.07) is 0. The molecule has 0 bridgehead atoms. The molecule has 1 aliphatic rings. The molecule has 0 spiro atoms. The van der Waals surface area contributed by atoms with Gasteiger partial charge in [0.1, 0.15) is 5.78 Å². The second-order valence-electron chi connectivity index (χ2n) is 2.37. The smallest absolute Gasteiger partial charge is 0.143 e. The van der Waals surface area contributed by atoms with E-state index in [9.17, 15) is 4.79 Å². The van der Waals surface area contributed by atoms with Crippen molar-refractivity contribution < 1.29 is 4.79 Å². The van der Waals surface area contributed by atoms with Gasteiger partial charge in [-0.2, -0.15) is 0 Å². The molecule has 1 rings (SSSR count). The number of carbonyl (C=O) groups excluding carboxylic acids is 1. The molecule has 0 radical (unpaired) electrons. The molecule has 0 aromatic heterocycles. The fraction of sp³-hybridized carbons (Fsp3) is 0.571. The monoisotopic (exact) mass is 125 g/mol. The van der Waals surface area contributed by atoms with Crippen LogP contribution in [0.25, 0.3) is 0 Å². The Hall–Kier alpha value is -0.630. The first kappa shape index (κ1) is 6.49. The minimum Gasteiger partial charge on any atom is -0.299 e. The molecule has 2 nitrogen and oxygen atoms in total. The third kappa shape index (κ3) is 1.98. The summed E-state index contributed by atoms with van der Waals surface area (Å²) >= 11 is 0. The lowest BCUT2D eigenvalue weighted by Crippen LogP contribution is -2.25. The fourth-order valence-corrected chi connectivity index (χ4v) is 0.966. The van der Waals surface area contributed by atoms with Crippen molar-refractivity contribution in [3.8, 4) is 0 Å². The van der Waals surface area contributed by atoms with Crippen LogP contribution in [0.5, 0.6) is 0 Å². The van der Waals surface area contributed by atoms with Crippen LogP contribution in [0.15, 0.2) is 12.2 Å². The largest absolute Gasteiger partial charge is 0.299 e. The lowest BCUT2D eigenvalue weighted by atomic mass is 10.4. The van der Waals surface area contributed by atoms with Gasteiger partial charge in [0.15, 0.2) is 0 Å². The van der Waals surface area contributed by atoms with Crippen molar-refractivity contribution in [1.82, 2.24) is 4.90 Å². The lowest BCUT2D eigenvalue weighted by molar-refractivity contribution is -0.117. The normalized spacial score (nSPS) is 18.8. The zero-order valence-electron chi connectivity index (χ0n) is 5.63. The number of hydrogen-bond acceptors (Lipinski definition) is 2. The molecule has 0 fully saturated rings. The Balaban J connectivity index is 2.22. The Bertz CT molecular complexity index is 132. The summed E-state index contributed by atoms with van der Waals surface area (Å²) in [4.78, 5) is 12.6. The first-order chi connectivity index (χ1) is 4.29. The second kappa shape index (κ2) is 2.78. The Morgan fingerprint density at radius 1 is 1.56 bits per heavy atom. The molecular formula is C7H11NO. The summed E-state index contributed by atoms with van der Waals surface area (Å²) in [7, 11) is 0. The van der Waals surface area contributed by atoms with E-state index in [2.05, 4.69) is 17.1 Å². The number of hydrogen-bond donors (Lipinski definition) is 0. The van der Waals surface area contributed by atoms with Crippen LogP contribution in [-0.4, -0.2) is 30.3 Å². The summed E-state index contributed by atoms with van der Waals surface area (Å²) in [6.45, 7) is 4.12. The standard InChI is InChI=1S/C7H11NO/c1-7(9)6-8-4-2-3-5-8/h2-3H,4-6H2,1H3. The molecule has 0 saturated carbocycles. The van der Waals surface area contributed by atoms with Gasteiger partial charge in [0.2, 0.25) is 0 Å². The van der Waals surface area contributed by atoms with Crippen LogP contribution in [0.2, 0.25) is 0 Å². The predicted octanol–water partition coefficient (Wildman–Crippen LogP) is 0.447. The van der Waals surface area contributed by atoms with E-state index in [4.69, 9.17) is 0 Å². The molecule has 1 heterocycles. The van der Waals surface area contributed by atoms with E-state index in [1.165, 1.54) is 0 Å². The molecule has 50 valence electrons. The van der Waals surface area contributed by atoms with Crippen LogP contribution in [0.3, 0.4) is 0 Å². The molecule has 0 aromatic rings. The van der Waals surface area contributed by atoms with Crippen molar-refractivity contribution in [2.45, 2.75) is 6.92 Å². The molecular weight excluding hydrogens is 114 g/mol. The molecule has 0 saturated heterocycles. The Morgan fingerprint density at radius 2 is 2.11 bits per heavy atom. The van der Waals surface area contributed by atoms with Gasteiger partial charge in [0.05, 0.1) is 6.54 Å². The maximum absolute atomic E-state index is 10.5. The zero-order chi connectivity index (χ0) is 6.69. The summed E-state index contributed by atoms with van der Waals surface area (Å²) in [6.07, 6.45) is 4.17. The van der Waals surface area contributed by atoms with Crippen LogP contribution >= 0.6 is 0 Å². The van der Waals surface area contributed by atoms with E-state index in [1.54, 1.807) is 6.92 Å². The third-order valence-corrected chi connectivity index (χ3v) is 1.34. The summed E-state index contributed by atoms with van der Waals surface area (Å²) in [5, 5.41) is 0. The lowest BCUT2D eigenvalue weighted by Gasteiger charge is -2.10. The van der Waals surface area contributed by atoms with Crippen molar-refractivity contribution in [3.05, 3.63) is 12.2 Å². The SMILES string of the molecule is CC(=O)CN1CC=CC1. The molecule has 2 heteroatoms. The molecule has 0 aliphatic carbocycles. The van der Waals surface area contributed by atoms with Crippen LogP contribution < -0.4 is 0 Å². The van der Waals surface area contributed by atoms with Crippen molar-refractivity contribution in [3.63, 3.8) is 0 Å². The van der Waals surface area contributed by atoms with Crippen molar-refractivity contribution in [2.75, 3.05) is 19.6 Å². The highest BCUT2D eigenvalue weighted by atomic mass is 16.1. The molecule has 9 heavy (non-hydrogen) atoms. The Morgan fingerprint density at radius 3 is 2.56 bits per heavy atom. The number of nitrogens with zero attached hydrogens (tertiary/aromatic N) is 1. The number of ketones is 1. The average molecular weight is 125 g/mol. The van der Waals surface area contributed by atoms with Gasteiger partial charge in [-0.25, -0.2) is 0 Å². The maximum atomic E-state index is 10.5. The van der Waals surface area contributed by atoms with Gasteiger partial charge in [0.25, 0.3) is 0 Å². The van der Waals surface area contributed by atoms with E-state index in [0.717, 1.165) is 13.1 Å². The van der Waals surface area contributed by atoms with Gasteiger partial charge >= 0.3 is 0 Å². The van der Waals surface area contributed by atoms with Crippen molar-refractivity contribution in [1.29, 1.82) is 0 Å². The van der Waals surface area contributed by atoms with Crippen LogP contribution in [-0.2, 0) is 4.79 Å². The van der Waals surface area contributed by atoms with Gasteiger partial charge in [-0.1, -0.05) is 12.2 Å². The second-order valence-corrected chi connectivity index (χ2v) is 2.37. The highest BCUT2D eigenvalue weighted by Crippen LogP contribution is 1.96. The quantitative estimate of drug-likeness (QED) is 0.499. The summed E-state index contributed by atoms with van der Waals surface area (Å²) < 4.78 is 0. The van der Waals surface area contributed by atoms with E-state index in [1.807, 2.05) is 0 Å². The fourth-order valence-electron chi connectivity index (χ4n) is 0.966. The van der Waals surface area contributed by atoms with Crippen molar-refractivity contribution >= 4 is 5.78 Å². The van der Waals surface area contributed by atoms with Gasteiger partial charge in [-0.3, -0.25) is 9.69 Å². The van der Waals surface area contributed by atoms with E-state index in [0.29, 0.717) is 6.54 Å². The van der Waals surface area contributed by atoms with E-state index >= 15 is 0 Å². The molecule has 1 aliphatic heterocycles. The van der Waals surface area contributed by atoms with E-state index in [-0.39, 0.29) is 5.78 Å². The van der Waals surface area contributed by atoms with Gasteiger partial charge in [-0.15, -0.1) is 0 Å².